The fourth-order valence-corrected chi connectivity index (χ4v) is 3.23. The van der Waals surface area contributed by atoms with E-state index in [4.69, 9.17) is 4.74 Å². The molecule has 0 saturated heterocycles. The second-order valence-corrected chi connectivity index (χ2v) is 9.50. The third-order valence-corrected chi connectivity index (χ3v) is 5.19. The molecule has 0 unspecified atom stereocenters. The molecule has 0 spiro atoms. The molecule has 0 aliphatic rings. The van der Waals surface area contributed by atoms with E-state index in [1.54, 1.807) is 87.1 Å². The number of nitrogens with one attached hydrogen (secondary N) is 3. The van der Waals surface area contributed by atoms with Gasteiger partial charge in [0.25, 0.3) is 11.8 Å². The van der Waals surface area contributed by atoms with E-state index in [1.165, 1.54) is 0 Å². The Kier molecular flexibility index (Phi) is 9.07. The summed E-state index contributed by atoms with van der Waals surface area (Å²) < 4.78 is 6.72. The zero-order valence-corrected chi connectivity index (χ0v) is 22.4. The Balaban J connectivity index is 1.55. The van der Waals surface area contributed by atoms with Crippen LogP contribution in [0.5, 0.6) is 0 Å². The first-order valence-electron chi connectivity index (χ1n) is 12.1. The van der Waals surface area contributed by atoms with E-state index < -0.39 is 17.6 Å². The number of hydrogen-bond donors (Lipinski definition) is 3. The number of nitrogens with zero attached hydrogens (tertiary/aromatic N) is 2. The van der Waals surface area contributed by atoms with Crippen LogP contribution >= 0.6 is 0 Å². The molecule has 1 aromatic heterocycles. The smallest absolute Gasteiger partial charge is 0.408 e. The molecule has 3 rings (SSSR count). The molecule has 2 aromatic carbocycles. The first kappa shape index (κ1) is 28.5. The topological polar surface area (TPSA) is 114 Å². The van der Waals surface area contributed by atoms with Crippen molar-refractivity contribution >= 4 is 29.4 Å². The minimum absolute atomic E-state index is 0.0372. The first-order valence-corrected chi connectivity index (χ1v) is 12.1. The molecule has 0 aliphatic carbocycles. The third-order valence-electron chi connectivity index (χ3n) is 5.19. The Morgan fingerprint density at radius 3 is 2.31 bits per heavy atom. The standard InChI is InChI=1S/C30H31N5O4/c1-20(11-10-18-31-29(38)39-30(3,4)5)21(2)27(36)32-24-16-14-22(15-17-24)25-19-26(35(6)34-25)33-28(37)23-12-8-7-9-13-23/h7-9,12-17,19H,1-2,18H2,3-6H3,(H,31,38)(H,32,36)(H,33,37). The molecule has 3 aromatic rings. The molecule has 0 saturated carbocycles. The van der Waals surface area contributed by atoms with Crippen molar-refractivity contribution < 1.29 is 19.1 Å². The van der Waals surface area contributed by atoms with E-state index in [0.717, 1.165) is 5.56 Å². The lowest BCUT2D eigenvalue weighted by atomic mass is 10.1. The maximum absolute atomic E-state index is 12.6. The van der Waals surface area contributed by atoms with Gasteiger partial charge >= 0.3 is 6.09 Å². The van der Waals surface area contributed by atoms with Gasteiger partial charge in [0.05, 0.1) is 12.2 Å². The van der Waals surface area contributed by atoms with Crippen LogP contribution in [0.4, 0.5) is 16.3 Å². The Morgan fingerprint density at radius 2 is 1.67 bits per heavy atom. The predicted molar refractivity (Wildman–Crippen MR) is 152 cm³/mol. The Hall–Kier alpha value is -5.10. The number of anilines is 2. The zero-order valence-electron chi connectivity index (χ0n) is 22.4. The number of alkyl carbamates (subject to hydrolysis) is 1. The summed E-state index contributed by atoms with van der Waals surface area (Å²) in [5.74, 6) is 5.30. The van der Waals surface area contributed by atoms with Crippen molar-refractivity contribution in [1.29, 1.82) is 0 Å². The molecule has 39 heavy (non-hydrogen) atoms. The summed E-state index contributed by atoms with van der Waals surface area (Å²) in [6.07, 6.45) is -0.582. The Morgan fingerprint density at radius 1 is 1.00 bits per heavy atom. The SMILES string of the molecule is C=C(C#CCNC(=O)OC(C)(C)C)C(=C)C(=O)Nc1ccc(-c2cc(NC(=O)c3ccccc3)n(C)n2)cc1. The van der Waals surface area contributed by atoms with E-state index in [-0.39, 0.29) is 23.6 Å². The van der Waals surface area contributed by atoms with Gasteiger partial charge in [-0.2, -0.15) is 5.10 Å². The fourth-order valence-electron chi connectivity index (χ4n) is 3.23. The summed E-state index contributed by atoms with van der Waals surface area (Å²) in [6.45, 7) is 12.9. The molecule has 0 atom stereocenters. The van der Waals surface area contributed by atoms with Crippen LogP contribution in [0, 0.1) is 11.8 Å². The van der Waals surface area contributed by atoms with Gasteiger partial charge in [-0.25, -0.2) is 4.79 Å². The van der Waals surface area contributed by atoms with Gasteiger partial charge in [-0.15, -0.1) is 0 Å². The highest BCUT2D eigenvalue weighted by Gasteiger charge is 2.15. The molecule has 0 aliphatic heterocycles. The molecule has 0 radical (unpaired) electrons. The van der Waals surface area contributed by atoms with Crippen LogP contribution in [0.25, 0.3) is 11.3 Å². The number of carbonyl (C=O) groups is 3. The molecular formula is C30H31N5O4. The highest BCUT2D eigenvalue weighted by molar-refractivity contribution is 6.07. The van der Waals surface area contributed by atoms with Crippen LogP contribution in [0.3, 0.4) is 0 Å². The zero-order chi connectivity index (χ0) is 28.6. The van der Waals surface area contributed by atoms with Crippen molar-refractivity contribution in [2.75, 3.05) is 17.2 Å². The summed E-state index contributed by atoms with van der Waals surface area (Å²) in [6, 6.07) is 17.8. The monoisotopic (exact) mass is 525 g/mol. The van der Waals surface area contributed by atoms with Gasteiger partial charge < -0.3 is 20.7 Å². The minimum Gasteiger partial charge on any atom is -0.444 e. The normalized spacial score (nSPS) is 10.5. The lowest BCUT2D eigenvalue weighted by Crippen LogP contribution is -2.32. The molecule has 9 nitrogen and oxygen atoms in total. The molecular weight excluding hydrogens is 494 g/mol. The van der Waals surface area contributed by atoms with Crippen LogP contribution in [-0.4, -0.2) is 39.8 Å². The van der Waals surface area contributed by atoms with Crippen LogP contribution in [0.15, 0.2) is 85.0 Å². The Bertz CT molecular complexity index is 1450. The number of aromatic nitrogens is 2. The van der Waals surface area contributed by atoms with Crippen LogP contribution in [0.1, 0.15) is 31.1 Å². The van der Waals surface area contributed by atoms with Gasteiger partial charge in [0.1, 0.15) is 11.4 Å². The summed E-state index contributed by atoms with van der Waals surface area (Å²) in [7, 11) is 1.74. The van der Waals surface area contributed by atoms with E-state index in [2.05, 4.69) is 46.0 Å². The highest BCUT2D eigenvalue weighted by atomic mass is 16.6. The largest absolute Gasteiger partial charge is 0.444 e. The van der Waals surface area contributed by atoms with E-state index in [9.17, 15) is 14.4 Å². The number of aryl methyl sites for hydroxylation is 1. The molecule has 3 N–H and O–H groups in total. The van der Waals surface area contributed by atoms with Crippen molar-refractivity contribution in [3.8, 4) is 23.1 Å². The molecule has 200 valence electrons. The van der Waals surface area contributed by atoms with Gasteiger partial charge in [0.15, 0.2) is 0 Å². The summed E-state index contributed by atoms with van der Waals surface area (Å²) in [5.41, 5.74) is 2.29. The van der Waals surface area contributed by atoms with Crippen molar-refractivity contribution in [1.82, 2.24) is 15.1 Å². The van der Waals surface area contributed by atoms with Crippen molar-refractivity contribution in [2.45, 2.75) is 26.4 Å². The van der Waals surface area contributed by atoms with Crippen LogP contribution < -0.4 is 16.0 Å². The number of benzene rings is 2. The molecule has 0 bridgehead atoms. The van der Waals surface area contributed by atoms with Crippen molar-refractivity contribution in [3.05, 3.63) is 90.5 Å². The number of amides is 3. The summed E-state index contributed by atoms with van der Waals surface area (Å²) >= 11 is 0. The molecule has 3 amide bonds. The van der Waals surface area contributed by atoms with Crippen molar-refractivity contribution in [2.24, 2.45) is 7.05 Å². The second kappa shape index (κ2) is 12.4. The van der Waals surface area contributed by atoms with Crippen LogP contribution in [-0.2, 0) is 16.6 Å². The number of rotatable bonds is 7. The van der Waals surface area contributed by atoms with Crippen LogP contribution in [0.2, 0.25) is 0 Å². The average molecular weight is 526 g/mol. The molecule has 9 heteroatoms. The van der Waals surface area contributed by atoms with Gasteiger partial charge in [0.2, 0.25) is 0 Å². The summed E-state index contributed by atoms with van der Waals surface area (Å²) in [5, 5.41) is 12.6. The van der Waals surface area contributed by atoms with Crippen molar-refractivity contribution in [3.63, 3.8) is 0 Å². The lowest BCUT2D eigenvalue weighted by molar-refractivity contribution is -0.112. The maximum Gasteiger partial charge on any atom is 0.408 e. The first-order chi connectivity index (χ1) is 18.4. The third kappa shape index (κ3) is 8.47. The fraction of sp³-hybridized carbons (Fsp3) is 0.200. The van der Waals surface area contributed by atoms with Gasteiger partial charge in [-0.3, -0.25) is 14.3 Å². The minimum atomic E-state index is -0.605. The Labute approximate surface area is 227 Å². The van der Waals surface area contributed by atoms with Gasteiger partial charge in [0, 0.05) is 41.1 Å². The average Bonchev–Trinajstić information content (AvgIpc) is 3.25. The molecule has 1 heterocycles. The lowest BCUT2D eigenvalue weighted by Gasteiger charge is -2.19. The van der Waals surface area contributed by atoms with E-state index in [1.807, 2.05) is 6.07 Å². The van der Waals surface area contributed by atoms with E-state index >= 15 is 0 Å². The molecule has 0 fully saturated rings. The quantitative estimate of drug-likeness (QED) is 0.230. The summed E-state index contributed by atoms with van der Waals surface area (Å²) in [4.78, 5) is 36.7. The number of ether oxygens (including phenoxy) is 1. The maximum atomic E-state index is 12.6. The second-order valence-electron chi connectivity index (χ2n) is 9.50. The number of carbonyl (C=O) groups excluding carboxylic acids is 3. The van der Waals surface area contributed by atoms with E-state index in [0.29, 0.717) is 22.8 Å². The van der Waals surface area contributed by atoms with Gasteiger partial charge in [-0.1, -0.05) is 55.3 Å². The highest BCUT2D eigenvalue weighted by Crippen LogP contribution is 2.24. The predicted octanol–water partition coefficient (Wildman–Crippen LogP) is 4.92. The number of hydrogen-bond acceptors (Lipinski definition) is 5. The van der Waals surface area contributed by atoms with Gasteiger partial charge in [-0.05, 0) is 45.0 Å².